The van der Waals surface area contributed by atoms with E-state index < -0.39 is 0 Å². The summed E-state index contributed by atoms with van der Waals surface area (Å²) in [5.74, 6) is -0.0177. The van der Waals surface area contributed by atoms with Gasteiger partial charge in [0.2, 0.25) is 5.78 Å². The SMILES string of the molecule is CCc1ccnc(C(=O)c2ccccc2)c1. The molecular weight excluding hydrogens is 198 g/mol. The monoisotopic (exact) mass is 211 g/mol. The molecule has 16 heavy (non-hydrogen) atoms. The molecule has 0 unspecified atom stereocenters. The molecule has 0 atom stereocenters. The smallest absolute Gasteiger partial charge is 0.211 e. The maximum absolute atomic E-state index is 12.1. The highest BCUT2D eigenvalue weighted by molar-refractivity contribution is 6.07. The molecule has 2 aromatic rings. The molecule has 0 fully saturated rings. The fraction of sp³-hybridized carbons (Fsp3) is 0.143. The van der Waals surface area contributed by atoms with Gasteiger partial charge >= 0.3 is 0 Å². The predicted octanol–water partition coefficient (Wildman–Crippen LogP) is 2.88. The minimum absolute atomic E-state index is 0.0177. The number of aryl methyl sites for hydroxylation is 1. The summed E-state index contributed by atoms with van der Waals surface area (Å²) in [6, 6.07) is 13.0. The summed E-state index contributed by atoms with van der Waals surface area (Å²) in [6.07, 6.45) is 2.60. The number of benzene rings is 1. The van der Waals surface area contributed by atoms with Crippen molar-refractivity contribution < 1.29 is 4.79 Å². The van der Waals surface area contributed by atoms with Crippen molar-refractivity contribution in [3.8, 4) is 0 Å². The summed E-state index contributed by atoms with van der Waals surface area (Å²) in [5, 5.41) is 0. The third-order valence-corrected chi connectivity index (χ3v) is 2.50. The maximum Gasteiger partial charge on any atom is 0.211 e. The number of carbonyl (C=O) groups is 1. The zero-order chi connectivity index (χ0) is 11.4. The van der Waals surface area contributed by atoms with Crippen molar-refractivity contribution in [1.29, 1.82) is 0 Å². The minimum Gasteiger partial charge on any atom is -0.287 e. The number of pyridine rings is 1. The van der Waals surface area contributed by atoms with Gasteiger partial charge in [0.1, 0.15) is 5.69 Å². The molecule has 0 aliphatic rings. The van der Waals surface area contributed by atoms with E-state index in [0.717, 1.165) is 12.0 Å². The van der Waals surface area contributed by atoms with Gasteiger partial charge in [-0.2, -0.15) is 0 Å². The van der Waals surface area contributed by atoms with E-state index >= 15 is 0 Å². The van der Waals surface area contributed by atoms with Crippen LogP contribution in [0.5, 0.6) is 0 Å². The summed E-state index contributed by atoms with van der Waals surface area (Å²) < 4.78 is 0. The van der Waals surface area contributed by atoms with E-state index in [0.29, 0.717) is 11.3 Å². The topological polar surface area (TPSA) is 30.0 Å². The van der Waals surface area contributed by atoms with Crippen molar-refractivity contribution in [3.05, 3.63) is 65.5 Å². The molecule has 0 aliphatic carbocycles. The lowest BCUT2D eigenvalue weighted by Crippen LogP contribution is -2.04. The molecule has 2 rings (SSSR count). The van der Waals surface area contributed by atoms with Crippen molar-refractivity contribution in [2.24, 2.45) is 0 Å². The Morgan fingerprint density at radius 1 is 1.19 bits per heavy atom. The fourth-order valence-corrected chi connectivity index (χ4v) is 1.56. The van der Waals surface area contributed by atoms with Crippen molar-refractivity contribution >= 4 is 5.78 Å². The summed E-state index contributed by atoms with van der Waals surface area (Å²) in [7, 11) is 0. The van der Waals surface area contributed by atoms with Crippen LogP contribution in [0.3, 0.4) is 0 Å². The van der Waals surface area contributed by atoms with Crippen LogP contribution in [0, 0.1) is 0 Å². The Hall–Kier alpha value is -1.96. The Morgan fingerprint density at radius 3 is 2.62 bits per heavy atom. The third kappa shape index (κ3) is 2.16. The molecule has 2 nitrogen and oxygen atoms in total. The lowest BCUT2D eigenvalue weighted by atomic mass is 10.1. The first-order valence-electron chi connectivity index (χ1n) is 5.36. The van der Waals surface area contributed by atoms with Gasteiger partial charge in [0.25, 0.3) is 0 Å². The molecule has 0 aliphatic heterocycles. The minimum atomic E-state index is -0.0177. The molecule has 1 aromatic carbocycles. The molecule has 0 N–H and O–H groups in total. The molecule has 80 valence electrons. The highest BCUT2D eigenvalue weighted by Crippen LogP contribution is 2.09. The highest BCUT2D eigenvalue weighted by Gasteiger charge is 2.09. The number of aromatic nitrogens is 1. The van der Waals surface area contributed by atoms with Gasteiger partial charge in [-0.15, -0.1) is 0 Å². The van der Waals surface area contributed by atoms with E-state index in [4.69, 9.17) is 0 Å². The molecule has 1 heterocycles. The second-order valence-corrected chi connectivity index (χ2v) is 3.60. The largest absolute Gasteiger partial charge is 0.287 e. The van der Waals surface area contributed by atoms with E-state index in [1.54, 1.807) is 6.20 Å². The number of carbonyl (C=O) groups excluding carboxylic acids is 1. The second kappa shape index (κ2) is 4.71. The number of hydrogen-bond acceptors (Lipinski definition) is 2. The molecule has 0 radical (unpaired) electrons. The van der Waals surface area contributed by atoms with Crippen LogP contribution in [0.25, 0.3) is 0 Å². The maximum atomic E-state index is 12.1. The van der Waals surface area contributed by atoms with Gasteiger partial charge in [-0.05, 0) is 24.1 Å². The van der Waals surface area contributed by atoms with Crippen molar-refractivity contribution in [2.45, 2.75) is 13.3 Å². The number of rotatable bonds is 3. The van der Waals surface area contributed by atoms with Crippen molar-refractivity contribution in [1.82, 2.24) is 4.98 Å². The van der Waals surface area contributed by atoms with Crippen LogP contribution in [0.2, 0.25) is 0 Å². The second-order valence-electron chi connectivity index (χ2n) is 3.60. The van der Waals surface area contributed by atoms with E-state index in [-0.39, 0.29) is 5.78 Å². The molecule has 0 amide bonds. The van der Waals surface area contributed by atoms with Crippen molar-refractivity contribution in [3.63, 3.8) is 0 Å². The van der Waals surface area contributed by atoms with Gasteiger partial charge in [0, 0.05) is 11.8 Å². The van der Waals surface area contributed by atoms with Gasteiger partial charge in [-0.25, -0.2) is 0 Å². The van der Waals surface area contributed by atoms with E-state index in [9.17, 15) is 4.79 Å². The Balaban J connectivity index is 2.34. The molecule has 0 saturated heterocycles. The van der Waals surface area contributed by atoms with Crippen LogP contribution in [0.15, 0.2) is 48.7 Å². The molecule has 1 aromatic heterocycles. The van der Waals surface area contributed by atoms with Crippen LogP contribution in [-0.4, -0.2) is 10.8 Å². The molecular formula is C14H13NO. The Morgan fingerprint density at radius 2 is 1.94 bits per heavy atom. The highest BCUT2D eigenvalue weighted by atomic mass is 16.1. The van der Waals surface area contributed by atoms with Gasteiger partial charge in [0.05, 0.1) is 0 Å². The standard InChI is InChI=1S/C14H13NO/c1-2-11-8-9-15-13(10-11)14(16)12-6-4-3-5-7-12/h3-10H,2H2,1H3. The van der Waals surface area contributed by atoms with Crippen LogP contribution in [0.1, 0.15) is 28.5 Å². The fourth-order valence-electron chi connectivity index (χ4n) is 1.56. The van der Waals surface area contributed by atoms with Crippen LogP contribution < -0.4 is 0 Å². The summed E-state index contributed by atoms with van der Waals surface area (Å²) in [5.41, 5.74) is 2.34. The molecule has 0 bridgehead atoms. The predicted molar refractivity (Wildman–Crippen MR) is 63.5 cm³/mol. The molecule has 0 spiro atoms. The molecule has 0 saturated carbocycles. The number of ketones is 1. The quantitative estimate of drug-likeness (QED) is 0.731. The third-order valence-electron chi connectivity index (χ3n) is 2.50. The summed E-state index contributed by atoms with van der Waals surface area (Å²) in [4.78, 5) is 16.2. The number of hydrogen-bond donors (Lipinski definition) is 0. The summed E-state index contributed by atoms with van der Waals surface area (Å²) in [6.45, 7) is 2.06. The van der Waals surface area contributed by atoms with Gasteiger partial charge in [0.15, 0.2) is 0 Å². The van der Waals surface area contributed by atoms with Gasteiger partial charge in [-0.3, -0.25) is 9.78 Å². The number of nitrogens with zero attached hydrogens (tertiary/aromatic N) is 1. The van der Waals surface area contributed by atoms with Crippen LogP contribution in [-0.2, 0) is 6.42 Å². The summed E-state index contributed by atoms with van der Waals surface area (Å²) >= 11 is 0. The first-order chi connectivity index (χ1) is 7.81. The zero-order valence-corrected chi connectivity index (χ0v) is 9.18. The van der Waals surface area contributed by atoms with E-state index in [1.807, 2.05) is 42.5 Å². The van der Waals surface area contributed by atoms with Crippen LogP contribution >= 0.6 is 0 Å². The Kier molecular flexibility index (Phi) is 3.10. The first-order valence-corrected chi connectivity index (χ1v) is 5.36. The van der Waals surface area contributed by atoms with Crippen LogP contribution in [0.4, 0.5) is 0 Å². The normalized spacial score (nSPS) is 10.1. The lowest BCUT2D eigenvalue weighted by Gasteiger charge is -2.02. The molecule has 2 heteroatoms. The van der Waals surface area contributed by atoms with Crippen molar-refractivity contribution in [2.75, 3.05) is 0 Å². The zero-order valence-electron chi connectivity index (χ0n) is 9.18. The average Bonchev–Trinajstić information content (AvgIpc) is 2.39. The van der Waals surface area contributed by atoms with Gasteiger partial charge < -0.3 is 0 Å². The Labute approximate surface area is 95.0 Å². The average molecular weight is 211 g/mol. The lowest BCUT2D eigenvalue weighted by molar-refractivity contribution is 0.103. The van der Waals surface area contributed by atoms with E-state index in [1.165, 1.54) is 0 Å². The van der Waals surface area contributed by atoms with Gasteiger partial charge in [-0.1, -0.05) is 37.3 Å². The first kappa shape index (κ1) is 10.6. The Bertz CT molecular complexity index is 491. The van der Waals surface area contributed by atoms with E-state index in [2.05, 4.69) is 11.9 Å².